The van der Waals surface area contributed by atoms with Crippen LogP contribution in [-0.2, 0) is 23.0 Å². The number of nitrogens with one attached hydrogen (secondary N) is 1. The van der Waals surface area contributed by atoms with Crippen LogP contribution in [-0.4, -0.2) is 55.8 Å². The third-order valence-corrected chi connectivity index (χ3v) is 8.44. The quantitative estimate of drug-likeness (QED) is 0.691. The highest BCUT2D eigenvalue weighted by Crippen LogP contribution is 2.25. The van der Waals surface area contributed by atoms with Crippen molar-refractivity contribution >= 4 is 15.9 Å². The van der Waals surface area contributed by atoms with Gasteiger partial charge in [0.2, 0.25) is 10.0 Å². The molecule has 2 aliphatic heterocycles. The minimum absolute atomic E-state index is 0.156. The summed E-state index contributed by atoms with van der Waals surface area (Å²) in [4.78, 5) is 14.7. The number of carbonyl (C=O) groups excluding carboxylic acids is 1. The molecule has 0 spiro atoms. The van der Waals surface area contributed by atoms with Gasteiger partial charge in [0.1, 0.15) is 10.7 Å². The second kappa shape index (κ2) is 9.68. The van der Waals surface area contributed by atoms with Gasteiger partial charge < -0.3 is 5.32 Å². The van der Waals surface area contributed by atoms with Crippen molar-refractivity contribution in [2.24, 2.45) is 0 Å². The summed E-state index contributed by atoms with van der Waals surface area (Å²) in [6, 6.07) is 12.2. The molecule has 8 heteroatoms. The van der Waals surface area contributed by atoms with E-state index >= 15 is 0 Å². The van der Waals surface area contributed by atoms with Gasteiger partial charge in [0, 0.05) is 44.3 Å². The lowest BCUT2D eigenvalue weighted by atomic mass is 9.98. The Kier molecular flexibility index (Phi) is 6.93. The Morgan fingerprint density at radius 3 is 2.53 bits per heavy atom. The number of carbonyl (C=O) groups is 1. The fourth-order valence-electron chi connectivity index (χ4n) is 4.58. The smallest absolute Gasteiger partial charge is 0.251 e. The molecule has 2 aromatic rings. The standard InChI is InChI=1S/C24H30FN3O3S/c1-2-21(27-14-11-18-7-3-4-8-20(18)17-27)16-26-24(29)19-9-10-22(25)23(15-19)32(30,31)28-12-5-6-13-28/h3-4,7-10,15,21H,2,5-6,11-14,16-17H2,1H3,(H,26,29). The number of halogens is 1. The van der Waals surface area contributed by atoms with E-state index in [4.69, 9.17) is 0 Å². The van der Waals surface area contributed by atoms with Gasteiger partial charge in [0.15, 0.2) is 0 Å². The Morgan fingerprint density at radius 1 is 1.09 bits per heavy atom. The van der Waals surface area contributed by atoms with E-state index in [0.29, 0.717) is 19.6 Å². The van der Waals surface area contributed by atoms with Gasteiger partial charge in [-0.2, -0.15) is 4.31 Å². The summed E-state index contributed by atoms with van der Waals surface area (Å²) in [5, 5.41) is 2.93. The molecule has 0 aliphatic carbocycles. The van der Waals surface area contributed by atoms with Crippen LogP contribution in [0.5, 0.6) is 0 Å². The SMILES string of the molecule is CCC(CNC(=O)c1ccc(F)c(S(=O)(=O)N2CCCC2)c1)N1CCc2ccccc2C1. The number of hydrogen-bond acceptors (Lipinski definition) is 4. The van der Waals surface area contributed by atoms with Crippen molar-refractivity contribution in [1.29, 1.82) is 0 Å². The van der Waals surface area contributed by atoms with Crippen LogP contribution in [0, 0.1) is 5.82 Å². The molecule has 0 radical (unpaired) electrons. The fraction of sp³-hybridized carbons (Fsp3) is 0.458. The van der Waals surface area contributed by atoms with E-state index in [0.717, 1.165) is 50.9 Å². The first kappa shape index (κ1) is 22.9. The molecule has 2 aliphatic rings. The molecule has 2 aromatic carbocycles. The van der Waals surface area contributed by atoms with Crippen molar-refractivity contribution in [3.63, 3.8) is 0 Å². The second-order valence-electron chi connectivity index (χ2n) is 8.52. The number of benzene rings is 2. The number of fused-ring (bicyclic) bond motifs is 1. The summed E-state index contributed by atoms with van der Waals surface area (Å²) in [7, 11) is -3.94. The van der Waals surface area contributed by atoms with Gasteiger partial charge in [0.25, 0.3) is 5.91 Å². The molecular weight excluding hydrogens is 429 g/mol. The van der Waals surface area contributed by atoms with Gasteiger partial charge in [-0.05, 0) is 55.0 Å². The van der Waals surface area contributed by atoms with E-state index in [2.05, 4.69) is 35.3 Å². The number of hydrogen-bond donors (Lipinski definition) is 1. The van der Waals surface area contributed by atoms with Crippen LogP contribution in [0.15, 0.2) is 47.4 Å². The molecule has 0 aromatic heterocycles. The lowest BCUT2D eigenvalue weighted by molar-refractivity contribution is 0.0926. The van der Waals surface area contributed by atoms with Gasteiger partial charge in [-0.15, -0.1) is 0 Å². The Hall–Kier alpha value is -2.29. The molecule has 1 unspecified atom stereocenters. The molecule has 1 fully saturated rings. The highest BCUT2D eigenvalue weighted by Gasteiger charge is 2.30. The van der Waals surface area contributed by atoms with E-state index < -0.39 is 26.6 Å². The summed E-state index contributed by atoms with van der Waals surface area (Å²) in [6.07, 6.45) is 3.39. The zero-order valence-corrected chi connectivity index (χ0v) is 19.2. The maximum atomic E-state index is 14.4. The Balaban J connectivity index is 1.43. The fourth-order valence-corrected chi connectivity index (χ4v) is 6.19. The first-order valence-corrected chi connectivity index (χ1v) is 12.7. The predicted octanol–water partition coefficient (Wildman–Crippen LogP) is 3.18. The topological polar surface area (TPSA) is 69.7 Å². The third-order valence-electron chi connectivity index (χ3n) is 6.52. The number of sulfonamides is 1. The summed E-state index contributed by atoms with van der Waals surface area (Å²) in [6.45, 7) is 5.09. The Bertz CT molecular complexity index is 1080. The van der Waals surface area contributed by atoms with Crippen molar-refractivity contribution in [3.8, 4) is 0 Å². The van der Waals surface area contributed by atoms with E-state index in [9.17, 15) is 17.6 Å². The molecule has 32 heavy (non-hydrogen) atoms. The molecule has 1 saturated heterocycles. The van der Waals surface area contributed by atoms with Crippen molar-refractivity contribution in [2.75, 3.05) is 26.2 Å². The summed E-state index contributed by atoms with van der Waals surface area (Å²) < 4.78 is 41.3. The van der Waals surface area contributed by atoms with E-state index in [1.807, 2.05) is 6.07 Å². The molecule has 6 nitrogen and oxygen atoms in total. The zero-order chi connectivity index (χ0) is 22.7. The van der Waals surface area contributed by atoms with Crippen LogP contribution in [0.1, 0.15) is 47.7 Å². The normalized spacial score (nSPS) is 18.3. The molecule has 4 rings (SSSR count). The summed E-state index contributed by atoms with van der Waals surface area (Å²) in [5.74, 6) is -1.22. The highest BCUT2D eigenvalue weighted by molar-refractivity contribution is 7.89. The van der Waals surface area contributed by atoms with E-state index in [1.165, 1.54) is 21.5 Å². The van der Waals surface area contributed by atoms with Crippen molar-refractivity contribution in [3.05, 3.63) is 65.0 Å². The van der Waals surface area contributed by atoms with Crippen molar-refractivity contribution < 1.29 is 17.6 Å². The van der Waals surface area contributed by atoms with Crippen LogP contribution < -0.4 is 5.32 Å². The van der Waals surface area contributed by atoms with Crippen LogP contribution in [0.3, 0.4) is 0 Å². The number of rotatable bonds is 7. The number of amides is 1. The van der Waals surface area contributed by atoms with Gasteiger partial charge in [0.05, 0.1) is 0 Å². The largest absolute Gasteiger partial charge is 0.350 e. The molecule has 172 valence electrons. The zero-order valence-electron chi connectivity index (χ0n) is 18.4. The molecule has 1 N–H and O–H groups in total. The van der Waals surface area contributed by atoms with Gasteiger partial charge >= 0.3 is 0 Å². The number of nitrogens with zero attached hydrogens (tertiary/aromatic N) is 2. The Labute approximate surface area is 189 Å². The maximum absolute atomic E-state index is 14.4. The highest BCUT2D eigenvalue weighted by atomic mass is 32.2. The summed E-state index contributed by atoms with van der Waals surface area (Å²) >= 11 is 0. The molecule has 0 saturated carbocycles. The lowest BCUT2D eigenvalue weighted by Gasteiger charge is -2.35. The third kappa shape index (κ3) is 4.72. The van der Waals surface area contributed by atoms with Gasteiger partial charge in [-0.25, -0.2) is 12.8 Å². The van der Waals surface area contributed by atoms with Crippen LogP contribution in [0.4, 0.5) is 4.39 Å². The lowest BCUT2D eigenvalue weighted by Crippen LogP contribution is -2.45. The minimum atomic E-state index is -3.94. The molecule has 2 heterocycles. The van der Waals surface area contributed by atoms with E-state index in [1.54, 1.807) is 0 Å². The van der Waals surface area contributed by atoms with Crippen molar-refractivity contribution in [2.45, 2.75) is 50.1 Å². The molecule has 1 amide bonds. The summed E-state index contributed by atoms with van der Waals surface area (Å²) in [5.41, 5.74) is 2.85. The average molecular weight is 460 g/mol. The average Bonchev–Trinajstić information content (AvgIpc) is 3.35. The van der Waals surface area contributed by atoms with Crippen LogP contribution >= 0.6 is 0 Å². The molecular formula is C24H30FN3O3S. The predicted molar refractivity (Wildman–Crippen MR) is 121 cm³/mol. The first-order chi connectivity index (χ1) is 15.4. The monoisotopic (exact) mass is 459 g/mol. The Morgan fingerprint density at radius 2 is 1.81 bits per heavy atom. The van der Waals surface area contributed by atoms with Crippen LogP contribution in [0.2, 0.25) is 0 Å². The minimum Gasteiger partial charge on any atom is -0.350 e. The first-order valence-electron chi connectivity index (χ1n) is 11.3. The van der Waals surface area contributed by atoms with E-state index in [-0.39, 0.29) is 11.6 Å². The maximum Gasteiger partial charge on any atom is 0.251 e. The van der Waals surface area contributed by atoms with Crippen LogP contribution in [0.25, 0.3) is 0 Å². The molecule has 0 bridgehead atoms. The second-order valence-corrected chi connectivity index (χ2v) is 10.4. The van der Waals surface area contributed by atoms with Gasteiger partial charge in [-0.1, -0.05) is 31.2 Å². The molecule has 1 atom stereocenters. The van der Waals surface area contributed by atoms with Gasteiger partial charge in [-0.3, -0.25) is 9.69 Å². The van der Waals surface area contributed by atoms with Crippen molar-refractivity contribution in [1.82, 2.24) is 14.5 Å².